The van der Waals surface area contributed by atoms with Gasteiger partial charge in [-0.1, -0.05) is 28.1 Å². The third-order valence-corrected chi connectivity index (χ3v) is 2.97. The number of nitrogens with one attached hydrogen (secondary N) is 1. The monoisotopic (exact) mass is 304 g/mol. The lowest BCUT2D eigenvalue weighted by molar-refractivity contribution is -0.116. The number of aryl methyl sites for hydroxylation is 1. The molecule has 0 spiro atoms. The number of hydrogen-bond acceptors (Lipinski definition) is 2. The number of aromatic nitrogens is 1. The minimum Gasteiger partial charge on any atom is -0.325 e. The molecule has 1 amide bonds. The standard InChI is InChI=1S/C14H13BrN2O/c15-12-4-1-3-11(9-12)6-7-14(18)17-13-5-2-8-16-10-13/h1-5,8-10H,6-7H2,(H,17,18). The Morgan fingerprint density at radius 2 is 2.17 bits per heavy atom. The Kier molecular flexibility index (Phi) is 4.47. The molecule has 3 nitrogen and oxygen atoms in total. The second-order valence-electron chi connectivity index (χ2n) is 3.92. The summed E-state index contributed by atoms with van der Waals surface area (Å²) in [7, 11) is 0. The summed E-state index contributed by atoms with van der Waals surface area (Å²) in [5.74, 6) is 0.00276. The molecule has 0 saturated carbocycles. The van der Waals surface area contributed by atoms with Crippen molar-refractivity contribution in [3.8, 4) is 0 Å². The number of hydrogen-bond donors (Lipinski definition) is 1. The first kappa shape index (κ1) is 12.8. The van der Waals surface area contributed by atoms with Gasteiger partial charge in [0.15, 0.2) is 0 Å². The molecule has 1 aromatic heterocycles. The maximum Gasteiger partial charge on any atom is 0.224 e. The Morgan fingerprint density at radius 3 is 2.89 bits per heavy atom. The van der Waals surface area contributed by atoms with Gasteiger partial charge in [0.25, 0.3) is 0 Å². The first-order valence-electron chi connectivity index (χ1n) is 5.68. The average molecular weight is 305 g/mol. The van der Waals surface area contributed by atoms with Gasteiger partial charge in [0, 0.05) is 17.1 Å². The van der Waals surface area contributed by atoms with E-state index in [1.807, 2.05) is 30.3 Å². The highest BCUT2D eigenvalue weighted by Gasteiger charge is 2.03. The lowest BCUT2D eigenvalue weighted by atomic mass is 10.1. The van der Waals surface area contributed by atoms with Crippen molar-refractivity contribution in [1.29, 1.82) is 0 Å². The van der Waals surface area contributed by atoms with Crippen LogP contribution in [0.5, 0.6) is 0 Å². The first-order chi connectivity index (χ1) is 8.74. The van der Waals surface area contributed by atoms with Crippen molar-refractivity contribution in [2.24, 2.45) is 0 Å². The number of pyridine rings is 1. The molecule has 0 atom stereocenters. The molecular formula is C14H13BrN2O. The molecule has 0 bridgehead atoms. The first-order valence-corrected chi connectivity index (χ1v) is 6.47. The van der Waals surface area contributed by atoms with E-state index in [4.69, 9.17) is 0 Å². The van der Waals surface area contributed by atoms with Gasteiger partial charge in [0.05, 0.1) is 11.9 Å². The summed E-state index contributed by atoms with van der Waals surface area (Å²) in [5.41, 5.74) is 1.88. The summed E-state index contributed by atoms with van der Waals surface area (Å²) in [6.07, 6.45) is 4.51. The minimum absolute atomic E-state index is 0.00276. The van der Waals surface area contributed by atoms with Crippen molar-refractivity contribution in [2.75, 3.05) is 5.32 Å². The van der Waals surface area contributed by atoms with Crippen LogP contribution in [0.4, 0.5) is 5.69 Å². The van der Waals surface area contributed by atoms with Crippen molar-refractivity contribution in [3.63, 3.8) is 0 Å². The number of amides is 1. The normalized spacial score (nSPS) is 10.1. The molecule has 18 heavy (non-hydrogen) atoms. The minimum atomic E-state index is 0.00276. The number of anilines is 1. The molecule has 92 valence electrons. The summed E-state index contributed by atoms with van der Waals surface area (Å²) in [6.45, 7) is 0. The van der Waals surface area contributed by atoms with E-state index in [-0.39, 0.29) is 5.91 Å². The number of carbonyl (C=O) groups is 1. The molecule has 0 aliphatic carbocycles. The molecule has 0 aliphatic heterocycles. The van der Waals surface area contributed by atoms with Gasteiger partial charge in [0.1, 0.15) is 0 Å². The lowest BCUT2D eigenvalue weighted by Crippen LogP contribution is -2.12. The Balaban J connectivity index is 1.85. The number of benzene rings is 1. The number of carbonyl (C=O) groups excluding carboxylic acids is 1. The molecule has 4 heteroatoms. The van der Waals surface area contributed by atoms with Crippen LogP contribution in [0.3, 0.4) is 0 Å². The van der Waals surface area contributed by atoms with Gasteiger partial charge in [-0.15, -0.1) is 0 Å². The van der Waals surface area contributed by atoms with Crippen LogP contribution in [0.25, 0.3) is 0 Å². The highest BCUT2D eigenvalue weighted by molar-refractivity contribution is 9.10. The van der Waals surface area contributed by atoms with Crippen LogP contribution in [0.1, 0.15) is 12.0 Å². The summed E-state index contributed by atoms with van der Waals surface area (Å²) in [4.78, 5) is 15.7. The summed E-state index contributed by atoms with van der Waals surface area (Å²) in [6, 6.07) is 11.6. The average Bonchev–Trinajstić information content (AvgIpc) is 2.38. The molecule has 2 aromatic rings. The largest absolute Gasteiger partial charge is 0.325 e. The van der Waals surface area contributed by atoms with Crippen molar-refractivity contribution in [2.45, 2.75) is 12.8 Å². The van der Waals surface area contributed by atoms with Gasteiger partial charge >= 0.3 is 0 Å². The highest BCUT2D eigenvalue weighted by Crippen LogP contribution is 2.13. The summed E-state index contributed by atoms with van der Waals surface area (Å²) >= 11 is 3.41. The van der Waals surface area contributed by atoms with E-state index in [0.29, 0.717) is 6.42 Å². The van der Waals surface area contributed by atoms with Gasteiger partial charge < -0.3 is 5.32 Å². The van der Waals surface area contributed by atoms with Crippen molar-refractivity contribution < 1.29 is 4.79 Å². The van der Waals surface area contributed by atoms with Gasteiger partial charge in [0.2, 0.25) is 5.91 Å². The van der Waals surface area contributed by atoms with E-state index in [2.05, 4.69) is 26.2 Å². The SMILES string of the molecule is O=C(CCc1cccc(Br)c1)Nc1cccnc1. The maximum atomic E-state index is 11.7. The molecule has 1 aromatic carbocycles. The molecule has 0 fully saturated rings. The highest BCUT2D eigenvalue weighted by atomic mass is 79.9. The van der Waals surface area contributed by atoms with Crippen LogP contribution >= 0.6 is 15.9 Å². The maximum absolute atomic E-state index is 11.7. The van der Waals surface area contributed by atoms with Gasteiger partial charge in [-0.05, 0) is 36.2 Å². The van der Waals surface area contributed by atoms with Gasteiger partial charge in [-0.2, -0.15) is 0 Å². The molecule has 1 N–H and O–H groups in total. The molecule has 0 saturated heterocycles. The Bertz CT molecular complexity index is 528. The van der Waals surface area contributed by atoms with E-state index in [1.165, 1.54) is 0 Å². The second kappa shape index (κ2) is 6.31. The second-order valence-corrected chi connectivity index (χ2v) is 4.84. The van der Waals surface area contributed by atoms with Crippen molar-refractivity contribution in [3.05, 3.63) is 58.8 Å². The number of halogens is 1. The molecule has 2 rings (SSSR count). The van der Waals surface area contributed by atoms with Crippen molar-refractivity contribution >= 4 is 27.5 Å². The Hall–Kier alpha value is -1.68. The van der Waals surface area contributed by atoms with Crippen LogP contribution in [0.15, 0.2) is 53.3 Å². The van der Waals surface area contributed by atoms with Crippen LogP contribution in [-0.4, -0.2) is 10.9 Å². The van der Waals surface area contributed by atoms with E-state index in [9.17, 15) is 4.79 Å². The summed E-state index contributed by atoms with van der Waals surface area (Å²) < 4.78 is 1.03. The topological polar surface area (TPSA) is 42.0 Å². The van der Waals surface area contributed by atoms with E-state index >= 15 is 0 Å². The Labute approximate surface area is 114 Å². The molecule has 0 unspecified atom stereocenters. The smallest absolute Gasteiger partial charge is 0.224 e. The van der Waals surface area contributed by atoms with Crippen molar-refractivity contribution in [1.82, 2.24) is 4.98 Å². The fraction of sp³-hybridized carbons (Fsp3) is 0.143. The molecular weight excluding hydrogens is 292 g/mol. The molecule has 0 aliphatic rings. The fourth-order valence-corrected chi connectivity index (χ4v) is 2.06. The number of rotatable bonds is 4. The van der Waals surface area contributed by atoms with Crippen LogP contribution in [0.2, 0.25) is 0 Å². The van der Waals surface area contributed by atoms with Gasteiger partial charge in [-0.25, -0.2) is 0 Å². The van der Waals surface area contributed by atoms with Crippen LogP contribution < -0.4 is 5.32 Å². The number of nitrogens with zero attached hydrogens (tertiary/aromatic N) is 1. The van der Waals surface area contributed by atoms with E-state index < -0.39 is 0 Å². The Morgan fingerprint density at radius 1 is 1.28 bits per heavy atom. The predicted octanol–water partition coefficient (Wildman–Crippen LogP) is 3.42. The summed E-state index contributed by atoms with van der Waals surface area (Å²) in [5, 5.41) is 2.81. The quantitative estimate of drug-likeness (QED) is 0.940. The predicted molar refractivity (Wildman–Crippen MR) is 75.3 cm³/mol. The van der Waals surface area contributed by atoms with Crippen LogP contribution in [-0.2, 0) is 11.2 Å². The molecule has 1 heterocycles. The zero-order valence-electron chi connectivity index (χ0n) is 9.77. The van der Waals surface area contributed by atoms with Gasteiger partial charge in [-0.3, -0.25) is 9.78 Å². The zero-order chi connectivity index (χ0) is 12.8. The third-order valence-electron chi connectivity index (χ3n) is 2.48. The fourth-order valence-electron chi connectivity index (χ4n) is 1.61. The van der Waals surface area contributed by atoms with Crippen LogP contribution in [0, 0.1) is 0 Å². The zero-order valence-corrected chi connectivity index (χ0v) is 11.4. The van der Waals surface area contributed by atoms with E-state index in [0.717, 1.165) is 22.1 Å². The lowest BCUT2D eigenvalue weighted by Gasteiger charge is -2.04. The molecule has 0 radical (unpaired) electrons. The third kappa shape index (κ3) is 3.96. The van der Waals surface area contributed by atoms with E-state index in [1.54, 1.807) is 18.5 Å².